The summed E-state index contributed by atoms with van der Waals surface area (Å²) in [6, 6.07) is 8.24. The zero-order valence-corrected chi connectivity index (χ0v) is 16.2. The van der Waals surface area contributed by atoms with E-state index in [4.69, 9.17) is 4.52 Å². The number of benzene rings is 1. The molecule has 2 heterocycles. The van der Waals surface area contributed by atoms with Crippen LogP contribution in [0.1, 0.15) is 38.6 Å². The first-order chi connectivity index (χ1) is 12.3. The summed E-state index contributed by atoms with van der Waals surface area (Å²) < 4.78 is 5.33. The van der Waals surface area contributed by atoms with Crippen molar-refractivity contribution in [3.8, 4) is 11.4 Å². The Morgan fingerprint density at radius 2 is 1.77 bits per heavy atom. The number of carbonyl (C=O) groups excluding carboxylic acids is 1. The molecule has 0 aliphatic carbocycles. The predicted octanol–water partition coefficient (Wildman–Crippen LogP) is 2.74. The summed E-state index contributed by atoms with van der Waals surface area (Å²) in [6.45, 7) is 10.0. The van der Waals surface area contributed by atoms with Gasteiger partial charge in [0.15, 0.2) is 0 Å². The molecule has 26 heavy (non-hydrogen) atoms. The molecule has 1 aromatic carbocycles. The first-order valence-electron chi connectivity index (χ1n) is 9.23. The molecule has 0 bridgehead atoms. The van der Waals surface area contributed by atoms with Crippen LogP contribution < -0.4 is 0 Å². The molecule has 0 unspecified atom stereocenters. The molecule has 0 N–H and O–H groups in total. The number of carbonyl (C=O) groups is 1. The highest BCUT2D eigenvalue weighted by atomic mass is 16.5. The van der Waals surface area contributed by atoms with Crippen LogP contribution >= 0.6 is 0 Å². The van der Waals surface area contributed by atoms with Crippen LogP contribution in [-0.2, 0) is 16.6 Å². The maximum Gasteiger partial charge on any atom is 0.227 e. The summed E-state index contributed by atoms with van der Waals surface area (Å²) in [5.41, 5.74) is 2.31. The Kier molecular flexibility index (Phi) is 5.41. The van der Waals surface area contributed by atoms with Gasteiger partial charge in [0.1, 0.15) is 0 Å². The van der Waals surface area contributed by atoms with Crippen molar-refractivity contribution in [1.29, 1.82) is 0 Å². The van der Waals surface area contributed by atoms with Gasteiger partial charge in [-0.25, -0.2) is 0 Å². The van der Waals surface area contributed by atoms with Crippen LogP contribution in [0.5, 0.6) is 0 Å². The number of hydrogen-bond acceptors (Lipinski definition) is 5. The van der Waals surface area contributed by atoms with E-state index >= 15 is 0 Å². The van der Waals surface area contributed by atoms with E-state index in [9.17, 15) is 4.79 Å². The standard InChI is InChI=1S/C20H28N4O2/c1-20(2,3)16-7-5-15(6-8-16)19-21-17(26-22-19)9-10-18(25)24-13-11-23(4)12-14-24/h5-8H,9-14H2,1-4H3. The first-order valence-corrected chi connectivity index (χ1v) is 9.23. The quantitative estimate of drug-likeness (QED) is 0.843. The van der Waals surface area contributed by atoms with Crippen LogP contribution in [0, 0.1) is 0 Å². The van der Waals surface area contributed by atoms with Gasteiger partial charge < -0.3 is 14.3 Å². The molecule has 1 fully saturated rings. The van der Waals surface area contributed by atoms with Gasteiger partial charge in [0.2, 0.25) is 17.6 Å². The van der Waals surface area contributed by atoms with Crippen LogP contribution in [0.4, 0.5) is 0 Å². The molecule has 1 aliphatic rings. The lowest BCUT2D eigenvalue weighted by molar-refractivity contribution is -0.132. The molecular formula is C20H28N4O2. The maximum atomic E-state index is 12.3. The van der Waals surface area contributed by atoms with E-state index in [0.717, 1.165) is 31.7 Å². The average molecular weight is 356 g/mol. The van der Waals surface area contributed by atoms with Crippen LogP contribution in [0.2, 0.25) is 0 Å². The lowest BCUT2D eigenvalue weighted by atomic mass is 9.87. The minimum Gasteiger partial charge on any atom is -0.340 e. The number of piperazine rings is 1. The summed E-state index contributed by atoms with van der Waals surface area (Å²) in [6.07, 6.45) is 0.895. The monoisotopic (exact) mass is 356 g/mol. The highest BCUT2D eigenvalue weighted by Crippen LogP contribution is 2.25. The van der Waals surface area contributed by atoms with Crippen molar-refractivity contribution >= 4 is 5.91 Å². The predicted molar refractivity (Wildman–Crippen MR) is 101 cm³/mol. The fraction of sp³-hybridized carbons (Fsp3) is 0.550. The van der Waals surface area contributed by atoms with Gasteiger partial charge in [0, 0.05) is 44.6 Å². The Balaban J connectivity index is 1.57. The Morgan fingerprint density at radius 1 is 1.12 bits per heavy atom. The van der Waals surface area contributed by atoms with E-state index < -0.39 is 0 Å². The first kappa shape index (κ1) is 18.6. The van der Waals surface area contributed by atoms with Gasteiger partial charge >= 0.3 is 0 Å². The van der Waals surface area contributed by atoms with E-state index in [1.54, 1.807) is 0 Å². The second-order valence-electron chi connectivity index (χ2n) is 8.02. The third-order valence-corrected chi connectivity index (χ3v) is 4.89. The van der Waals surface area contributed by atoms with Gasteiger partial charge in [-0.15, -0.1) is 0 Å². The molecular weight excluding hydrogens is 328 g/mol. The second-order valence-corrected chi connectivity index (χ2v) is 8.02. The zero-order chi connectivity index (χ0) is 18.7. The van der Waals surface area contributed by atoms with Gasteiger partial charge in [0.25, 0.3) is 0 Å². The Hall–Kier alpha value is -2.21. The number of amides is 1. The van der Waals surface area contributed by atoms with E-state index in [2.05, 4.69) is 55.0 Å². The highest BCUT2D eigenvalue weighted by molar-refractivity contribution is 5.76. The van der Waals surface area contributed by atoms with Gasteiger partial charge in [-0.1, -0.05) is 50.2 Å². The van der Waals surface area contributed by atoms with Gasteiger partial charge in [0.05, 0.1) is 0 Å². The molecule has 0 atom stereocenters. The van der Waals surface area contributed by atoms with Crippen molar-refractivity contribution < 1.29 is 9.32 Å². The topological polar surface area (TPSA) is 62.5 Å². The zero-order valence-electron chi connectivity index (χ0n) is 16.2. The highest BCUT2D eigenvalue weighted by Gasteiger charge is 2.20. The van der Waals surface area contributed by atoms with E-state index in [1.807, 2.05) is 17.0 Å². The molecule has 1 aliphatic heterocycles. The third-order valence-electron chi connectivity index (χ3n) is 4.89. The molecule has 6 nitrogen and oxygen atoms in total. The minimum absolute atomic E-state index is 0.116. The van der Waals surface area contributed by atoms with E-state index in [1.165, 1.54) is 5.56 Å². The van der Waals surface area contributed by atoms with Crippen molar-refractivity contribution in [2.75, 3.05) is 33.2 Å². The molecule has 1 amide bonds. The fourth-order valence-electron chi connectivity index (χ4n) is 3.02. The third kappa shape index (κ3) is 4.49. The van der Waals surface area contributed by atoms with Crippen molar-refractivity contribution in [2.24, 2.45) is 0 Å². The SMILES string of the molecule is CN1CCN(C(=O)CCc2nc(-c3ccc(C(C)(C)C)cc3)no2)CC1. The molecule has 0 radical (unpaired) electrons. The van der Waals surface area contributed by atoms with Crippen molar-refractivity contribution in [2.45, 2.75) is 39.0 Å². The fourth-order valence-corrected chi connectivity index (χ4v) is 3.02. The van der Waals surface area contributed by atoms with Crippen LogP contribution in [0.3, 0.4) is 0 Å². The number of nitrogens with zero attached hydrogens (tertiary/aromatic N) is 4. The van der Waals surface area contributed by atoms with Crippen LogP contribution in [-0.4, -0.2) is 59.1 Å². The lowest BCUT2D eigenvalue weighted by Gasteiger charge is -2.32. The maximum absolute atomic E-state index is 12.3. The summed E-state index contributed by atoms with van der Waals surface area (Å²) in [5.74, 6) is 1.25. The molecule has 3 rings (SSSR count). The summed E-state index contributed by atoms with van der Waals surface area (Å²) in [5, 5.41) is 4.06. The Labute approximate surface area is 155 Å². The summed E-state index contributed by atoms with van der Waals surface area (Å²) in [4.78, 5) is 20.9. The molecule has 6 heteroatoms. The number of aryl methyl sites for hydroxylation is 1. The van der Waals surface area contributed by atoms with Crippen LogP contribution in [0.15, 0.2) is 28.8 Å². The van der Waals surface area contributed by atoms with Crippen LogP contribution in [0.25, 0.3) is 11.4 Å². The molecule has 1 saturated heterocycles. The normalized spacial score (nSPS) is 16.1. The number of aromatic nitrogens is 2. The summed E-state index contributed by atoms with van der Waals surface area (Å²) in [7, 11) is 2.08. The average Bonchev–Trinajstić information content (AvgIpc) is 3.09. The van der Waals surface area contributed by atoms with E-state index in [0.29, 0.717) is 24.6 Å². The molecule has 0 spiro atoms. The van der Waals surface area contributed by atoms with Gasteiger partial charge in [-0.3, -0.25) is 4.79 Å². The van der Waals surface area contributed by atoms with Crippen molar-refractivity contribution in [3.63, 3.8) is 0 Å². The van der Waals surface area contributed by atoms with Crippen molar-refractivity contribution in [1.82, 2.24) is 19.9 Å². The second kappa shape index (κ2) is 7.58. The Bertz CT molecular complexity index is 738. The Morgan fingerprint density at radius 3 is 2.38 bits per heavy atom. The minimum atomic E-state index is 0.116. The molecule has 2 aromatic rings. The largest absolute Gasteiger partial charge is 0.340 e. The number of hydrogen-bond donors (Lipinski definition) is 0. The van der Waals surface area contributed by atoms with Gasteiger partial charge in [-0.2, -0.15) is 4.98 Å². The summed E-state index contributed by atoms with van der Waals surface area (Å²) >= 11 is 0. The number of rotatable bonds is 4. The van der Waals surface area contributed by atoms with Crippen molar-refractivity contribution in [3.05, 3.63) is 35.7 Å². The molecule has 1 aromatic heterocycles. The molecule has 140 valence electrons. The number of likely N-dealkylation sites (N-methyl/N-ethyl adjacent to an activating group) is 1. The van der Waals surface area contributed by atoms with Gasteiger partial charge in [-0.05, 0) is 18.0 Å². The molecule has 0 saturated carbocycles. The van der Waals surface area contributed by atoms with E-state index in [-0.39, 0.29) is 11.3 Å². The lowest BCUT2D eigenvalue weighted by Crippen LogP contribution is -2.47. The smallest absolute Gasteiger partial charge is 0.227 e.